The van der Waals surface area contributed by atoms with Crippen molar-refractivity contribution in [2.45, 2.75) is 31.9 Å². The van der Waals surface area contributed by atoms with Crippen LogP contribution in [-0.2, 0) is 14.8 Å². The Labute approximate surface area is 85.3 Å². The van der Waals surface area contributed by atoms with Crippen molar-refractivity contribution in [3.05, 3.63) is 0 Å². The first-order valence-corrected chi connectivity index (χ1v) is 6.14. The van der Waals surface area contributed by atoms with E-state index < -0.39 is 21.2 Å². The zero-order valence-corrected chi connectivity index (χ0v) is 9.65. The van der Waals surface area contributed by atoms with Gasteiger partial charge in [0.2, 0.25) is 15.9 Å². The molecule has 84 valence electrons. The molecule has 0 heterocycles. The summed E-state index contributed by atoms with van der Waals surface area (Å²) < 4.78 is 24.5. The average Bonchev–Trinajstić information content (AvgIpc) is 2.03. The molecule has 0 aliphatic heterocycles. The maximum atomic E-state index is 11.2. The Balaban J connectivity index is 3.95. The molecule has 0 aromatic carbocycles. The molecule has 0 aliphatic rings. The Morgan fingerprint density at radius 1 is 1.36 bits per heavy atom. The monoisotopic (exact) mass is 222 g/mol. The minimum Gasteiger partial charge on any atom is -0.320 e. The van der Waals surface area contributed by atoms with Gasteiger partial charge in [0.05, 0.1) is 5.25 Å². The summed E-state index contributed by atoms with van der Waals surface area (Å²) in [5.41, 5.74) is 0. The fourth-order valence-electron chi connectivity index (χ4n) is 0.753. The van der Waals surface area contributed by atoms with Crippen LogP contribution < -0.4 is 10.0 Å². The van der Waals surface area contributed by atoms with Crippen molar-refractivity contribution in [2.75, 3.05) is 13.6 Å². The third-order valence-electron chi connectivity index (χ3n) is 1.71. The van der Waals surface area contributed by atoms with Gasteiger partial charge in [0.15, 0.2) is 0 Å². The molecule has 0 radical (unpaired) electrons. The molecule has 0 spiro atoms. The minimum atomic E-state index is -3.45. The molecule has 2 N–H and O–H groups in total. The van der Waals surface area contributed by atoms with Crippen LogP contribution in [-0.4, -0.2) is 33.2 Å². The molecule has 5 nitrogen and oxygen atoms in total. The minimum absolute atomic E-state index is 0.229. The molecule has 0 rings (SSSR count). The molecule has 0 unspecified atom stereocenters. The highest BCUT2D eigenvalue weighted by Crippen LogP contribution is 1.97. The largest absolute Gasteiger partial charge is 0.320 e. The Morgan fingerprint density at radius 3 is 2.36 bits per heavy atom. The van der Waals surface area contributed by atoms with Crippen LogP contribution in [0.15, 0.2) is 0 Å². The van der Waals surface area contributed by atoms with Crippen molar-refractivity contribution in [3.8, 4) is 0 Å². The van der Waals surface area contributed by atoms with E-state index in [0.717, 1.165) is 0 Å². The lowest BCUT2D eigenvalue weighted by Crippen LogP contribution is -2.35. The molecule has 0 aliphatic carbocycles. The third-order valence-corrected chi connectivity index (χ3v) is 3.46. The summed E-state index contributed by atoms with van der Waals surface area (Å²) in [5, 5.41) is 2.31. The van der Waals surface area contributed by atoms with Crippen LogP contribution in [0.2, 0.25) is 0 Å². The molecular formula is C8H18N2O3S. The van der Waals surface area contributed by atoms with Crippen LogP contribution in [0.4, 0.5) is 0 Å². The van der Waals surface area contributed by atoms with Crippen molar-refractivity contribution >= 4 is 15.9 Å². The van der Waals surface area contributed by atoms with Crippen molar-refractivity contribution in [2.24, 2.45) is 0 Å². The zero-order valence-electron chi connectivity index (χ0n) is 8.83. The van der Waals surface area contributed by atoms with Gasteiger partial charge in [-0.25, -0.2) is 8.42 Å². The summed E-state index contributed by atoms with van der Waals surface area (Å²) in [6, 6.07) is 0. The lowest BCUT2D eigenvalue weighted by atomic mass is 10.3. The summed E-state index contributed by atoms with van der Waals surface area (Å²) in [4.78, 5) is 11.1. The molecule has 0 bridgehead atoms. The molecule has 0 aromatic heterocycles. The van der Waals surface area contributed by atoms with E-state index in [2.05, 4.69) is 5.32 Å². The second kappa shape index (κ2) is 5.98. The van der Waals surface area contributed by atoms with Gasteiger partial charge in [0.1, 0.15) is 0 Å². The fraction of sp³-hybridized carbons (Fsp3) is 0.875. The zero-order chi connectivity index (χ0) is 11.2. The van der Waals surface area contributed by atoms with E-state index in [1.165, 1.54) is 13.8 Å². The van der Waals surface area contributed by atoms with Crippen LogP contribution in [0.25, 0.3) is 0 Å². The molecule has 14 heavy (non-hydrogen) atoms. The number of hydrogen-bond acceptors (Lipinski definition) is 4. The molecule has 1 amide bonds. The van der Waals surface area contributed by atoms with E-state index in [4.69, 9.17) is 0 Å². The first-order valence-electron chi connectivity index (χ1n) is 4.59. The third kappa shape index (κ3) is 5.18. The van der Waals surface area contributed by atoms with Crippen LogP contribution in [0.5, 0.6) is 0 Å². The van der Waals surface area contributed by atoms with E-state index in [0.29, 0.717) is 13.0 Å². The topological polar surface area (TPSA) is 75.3 Å². The Bertz CT molecular complexity index is 272. The number of sulfonamides is 1. The van der Waals surface area contributed by atoms with Gasteiger partial charge in [-0.15, -0.1) is 0 Å². The van der Waals surface area contributed by atoms with E-state index in [9.17, 15) is 13.2 Å². The molecule has 0 saturated heterocycles. The lowest BCUT2D eigenvalue weighted by Gasteiger charge is -2.08. The van der Waals surface area contributed by atoms with E-state index in [1.54, 1.807) is 7.05 Å². The second-order valence-corrected chi connectivity index (χ2v) is 5.56. The summed E-state index contributed by atoms with van der Waals surface area (Å²) in [6.07, 6.45) is 0.864. The number of nitrogens with one attached hydrogen (secondary N) is 2. The predicted molar refractivity (Wildman–Crippen MR) is 55.4 cm³/mol. The molecule has 0 atom stereocenters. The predicted octanol–water partition coefficient (Wildman–Crippen LogP) is -0.160. The summed E-state index contributed by atoms with van der Waals surface area (Å²) in [6.45, 7) is 3.77. The van der Waals surface area contributed by atoms with Gasteiger partial charge in [0.25, 0.3) is 0 Å². The fourth-order valence-corrected chi connectivity index (χ4v) is 1.41. The molecule has 0 saturated carbocycles. The Morgan fingerprint density at radius 2 is 1.93 bits per heavy atom. The number of carbonyl (C=O) groups is 1. The number of rotatable bonds is 6. The van der Waals surface area contributed by atoms with E-state index in [-0.39, 0.29) is 6.42 Å². The standard InChI is InChI=1S/C8H18N2O3S/c1-7(2)14(12,13)10-8(11)5-4-6-9-3/h7,9H,4-6H2,1-3H3,(H,10,11). The van der Waals surface area contributed by atoms with Crippen molar-refractivity contribution in [1.29, 1.82) is 0 Å². The molecule has 0 fully saturated rings. The average molecular weight is 222 g/mol. The van der Waals surface area contributed by atoms with Crippen LogP contribution in [0.1, 0.15) is 26.7 Å². The number of hydrogen-bond donors (Lipinski definition) is 2. The maximum absolute atomic E-state index is 11.2. The van der Waals surface area contributed by atoms with Gasteiger partial charge < -0.3 is 5.32 Å². The van der Waals surface area contributed by atoms with Gasteiger partial charge in [-0.1, -0.05) is 0 Å². The summed E-state index contributed by atoms with van der Waals surface area (Å²) in [7, 11) is -1.67. The lowest BCUT2D eigenvalue weighted by molar-refractivity contribution is -0.119. The number of carbonyl (C=O) groups excluding carboxylic acids is 1. The van der Waals surface area contributed by atoms with Gasteiger partial charge in [-0.05, 0) is 33.9 Å². The van der Waals surface area contributed by atoms with Crippen molar-refractivity contribution in [3.63, 3.8) is 0 Å². The summed E-state index contributed by atoms with van der Waals surface area (Å²) in [5.74, 6) is -0.436. The van der Waals surface area contributed by atoms with Crippen molar-refractivity contribution in [1.82, 2.24) is 10.0 Å². The first-order chi connectivity index (χ1) is 6.40. The van der Waals surface area contributed by atoms with Crippen LogP contribution in [0, 0.1) is 0 Å². The van der Waals surface area contributed by atoms with Crippen LogP contribution >= 0.6 is 0 Å². The smallest absolute Gasteiger partial charge is 0.237 e. The highest BCUT2D eigenvalue weighted by molar-refractivity contribution is 7.90. The normalized spacial score (nSPS) is 11.7. The van der Waals surface area contributed by atoms with Crippen molar-refractivity contribution < 1.29 is 13.2 Å². The molecule has 6 heteroatoms. The van der Waals surface area contributed by atoms with Gasteiger partial charge >= 0.3 is 0 Å². The maximum Gasteiger partial charge on any atom is 0.237 e. The Kier molecular flexibility index (Phi) is 5.71. The highest BCUT2D eigenvalue weighted by atomic mass is 32.2. The van der Waals surface area contributed by atoms with E-state index >= 15 is 0 Å². The van der Waals surface area contributed by atoms with E-state index in [1.807, 2.05) is 4.72 Å². The SMILES string of the molecule is CNCCCC(=O)NS(=O)(=O)C(C)C. The highest BCUT2D eigenvalue weighted by Gasteiger charge is 2.18. The summed E-state index contributed by atoms with van der Waals surface area (Å²) >= 11 is 0. The quantitative estimate of drug-likeness (QED) is 0.612. The Hall–Kier alpha value is -0.620. The van der Waals surface area contributed by atoms with Crippen LogP contribution in [0.3, 0.4) is 0 Å². The second-order valence-electron chi connectivity index (χ2n) is 3.33. The number of amides is 1. The van der Waals surface area contributed by atoms with Gasteiger partial charge in [-0.2, -0.15) is 0 Å². The molecular weight excluding hydrogens is 204 g/mol. The molecule has 0 aromatic rings. The van der Waals surface area contributed by atoms with Gasteiger partial charge in [0, 0.05) is 6.42 Å². The van der Waals surface area contributed by atoms with Gasteiger partial charge in [-0.3, -0.25) is 9.52 Å². The first kappa shape index (κ1) is 13.4.